The summed E-state index contributed by atoms with van der Waals surface area (Å²) in [5, 5.41) is 18.5. The van der Waals surface area contributed by atoms with Gasteiger partial charge in [-0.05, 0) is 26.7 Å². The molecule has 17 heavy (non-hydrogen) atoms. The molecule has 0 radical (unpaired) electrons. The molecule has 1 aliphatic rings. The number of hydrogen-bond acceptors (Lipinski definition) is 3. The molecule has 1 rings (SSSR count). The molecule has 1 aliphatic heterocycles. The van der Waals surface area contributed by atoms with E-state index in [9.17, 15) is 14.7 Å². The third-order valence-electron chi connectivity index (χ3n) is 3.32. The number of carboxylic acids is 1. The molecule has 0 aromatic heterocycles. The van der Waals surface area contributed by atoms with E-state index in [1.807, 2.05) is 0 Å². The van der Waals surface area contributed by atoms with Crippen LogP contribution in [0.1, 0.15) is 26.7 Å². The lowest BCUT2D eigenvalue weighted by Gasteiger charge is -2.38. The van der Waals surface area contributed by atoms with Crippen LogP contribution in [0.5, 0.6) is 0 Å². The fraction of sp³-hybridized carbons (Fsp3) is 0.818. The van der Waals surface area contributed by atoms with Crippen molar-refractivity contribution in [2.24, 2.45) is 0 Å². The van der Waals surface area contributed by atoms with Gasteiger partial charge in [0.2, 0.25) is 0 Å². The molecule has 6 heteroatoms. The van der Waals surface area contributed by atoms with Crippen LogP contribution in [-0.2, 0) is 4.79 Å². The highest BCUT2D eigenvalue weighted by atomic mass is 16.4. The minimum Gasteiger partial charge on any atom is -0.480 e. The highest BCUT2D eigenvalue weighted by Crippen LogP contribution is 2.18. The topological polar surface area (TPSA) is 81.1 Å². The lowest BCUT2D eigenvalue weighted by atomic mass is 10.0. The Morgan fingerprint density at radius 3 is 2.47 bits per heavy atom. The number of aliphatic hydroxyl groups excluding tert-OH is 1. The largest absolute Gasteiger partial charge is 0.480 e. The molecule has 0 aromatic rings. The number of likely N-dealkylation sites (N-methyl/N-ethyl adjacent to an activating group) is 1. The van der Waals surface area contributed by atoms with Crippen molar-refractivity contribution in [2.75, 3.05) is 20.1 Å². The van der Waals surface area contributed by atoms with E-state index in [0.717, 1.165) is 6.42 Å². The second-order valence-corrected chi connectivity index (χ2v) is 4.95. The summed E-state index contributed by atoms with van der Waals surface area (Å²) in [5.41, 5.74) is -1.25. The predicted octanol–water partition coefficient (Wildman–Crippen LogP) is 0.358. The number of amides is 2. The van der Waals surface area contributed by atoms with Crippen molar-refractivity contribution >= 4 is 12.0 Å². The normalized spacial score (nSPS) is 21.2. The van der Waals surface area contributed by atoms with Gasteiger partial charge in [0.25, 0.3) is 0 Å². The van der Waals surface area contributed by atoms with Gasteiger partial charge < -0.3 is 20.0 Å². The summed E-state index contributed by atoms with van der Waals surface area (Å²) < 4.78 is 0. The quantitative estimate of drug-likeness (QED) is 0.734. The summed E-state index contributed by atoms with van der Waals surface area (Å²) in [6.07, 6.45) is 0.929. The molecule has 1 atom stereocenters. The van der Waals surface area contributed by atoms with Crippen molar-refractivity contribution in [2.45, 2.75) is 38.3 Å². The Morgan fingerprint density at radius 1 is 1.41 bits per heavy atom. The monoisotopic (exact) mass is 244 g/mol. The Bertz CT molecular complexity index is 317. The van der Waals surface area contributed by atoms with Gasteiger partial charge in [0.1, 0.15) is 5.54 Å². The van der Waals surface area contributed by atoms with Gasteiger partial charge >= 0.3 is 12.0 Å². The van der Waals surface area contributed by atoms with E-state index >= 15 is 0 Å². The number of hydrogen-bond donors (Lipinski definition) is 2. The first-order valence-corrected chi connectivity index (χ1v) is 5.71. The third-order valence-corrected chi connectivity index (χ3v) is 3.32. The number of piperidine rings is 1. The fourth-order valence-corrected chi connectivity index (χ4v) is 1.72. The highest BCUT2D eigenvalue weighted by Gasteiger charge is 2.37. The molecule has 1 heterocycles. The summed E-state index contributed by atoms with van der Waals surface area (Å²) in [6, 6.07) is -0.351. The first kappa shape index (κ1) is 13.8. The van der Waals surface area contributed by atoms with Crippen LogP contribution in [0.25, 0.3) is 0 Å². The molecule has 6 nitrogen and oxygen atoms in total. The van der Waals surface area contributed by atoms with Crippen LogP contribution in [0.4, 0.5) is 4.79 Å². The number of β-amino-alcohol motifs (C(OH)–C–C–N with tert-alkyl or cyclic N) is 1. The highest BCUT2D eigenvalue weighted by molar-refractivity contribution is 5.85. The van der Waals surface area contributed by atoms with Crippen molar-refractivity contribution in [3.63, 3.8) is 0 Å². The lowest BCUT2D eigenvalue weighted by molar-refractivity contribution is -0.147. The molecule has 2 amide bonds. The van der Waals surface area contributed by atoms with Gasteiger partial charge in [0, 0.05) is 20.1 Å². The fourth-order valence-electron chi connectivity index (χ4n) is 1.72. The minimum atomic E-state index is -1.25. The van der Waals surface area contributed by atoms with Crippen molar-refractivity contribution in [3.05, 3.63) is 0 Å². The number of aliphatic carboxylic acids is 1. The second kappa shape index (κ2) is 4.91. The Kier molecular flexibility index (Phi) is 3.98. The van der Waals surface area contributed by atoms with Gasteiger partial charge in [0.05, 0.1) is 6.10 Å². The van der Waals surface area contributed by atoms with Gasteiger partial charge in [-0.2, -0.15) is 0 Å². The maximum atomic E-state index is 12.1. The van der Waals surface area contributed by atoms with Crippen LogP contribution >= 0.6 is 0 Å². The number of nitrogens with zero attached hydrogens (tertiary/aromatic N) is 2. The number of urea groups is 1. The van der Waals surface area contributed by atoms with Gasteiger partial charge in [-0.25, -0.2) is 9.59 Å². The maximum Gasteiger partial charge on any atom is 0.329 e. The van der Waals surface area contributed by atoms with Crippen molar-refractivity contribution in [1.29, 1.82) is 0 Å². The summed E-state index contributed by atoms with van der Waals surface area (Å²) in [6.45, 7) is 3.80. The Labute approximate surface area is 101 Å². The molecule has 0 saturated carbocycles. The number of carbonyl (C=O) groups is 2. The molecule has 1 fully saturated rings. The van der Waals surface area contributed by atoms with E-state index < -0.39 is 17.6 Å². The molecule has 1 saturated heterocycles. The van der Waals surface area contributed by atoms with Crippen LogP contribution in [0.15, 0.2) is 0 Å². The molecule has 98 valence electrons. The number of carbonyl (C=O) groups excluding carboxylic acids is 1. The zero-order chi connectivity index (χ0) is 13.2. The number of aliphatic hydroxyl groups is 1. The third kappa shape index (κ3) is 2.88. The average Bonchev–Trinajstić information content (AvgIpc) is 2.26. The Balaban J connectivity index is 2.72. The SMILES string of the molecule is CN(C(=O)N1CCCC(O)C1)C(C)(C)C(=O)O. The average molecular weight is 244 g/mol. The molecular weight excluding hydrogens is 224 g/mol. The molecule has 0 aliphatic carbocycles. The van der Waals surface area contributed by atoms with E-state index in [-0.39, 0.29) is 12.6 Å². The van der Waals surface area contributed by atoms with Crippen LogP contribution < -0.4 is 0 Å². The van der Waals surface area contributed by atoms with Crippen molar-refractivity contribution < 1.29 is 19.8 Å². The van der Waals surface area contributed by atoms with E-state index in [1.165, 1.54) is 30.7 Å². The number of carboxylic acid groups (broad SMARTS) is 1. The van der Waals surface area contributed by atoms with Gasteiger partial charge in [-0.15, -0.1) is 0 Å². The first-order valence-electron chi connectivity index (χ1n) is 5.71. The maximum absolute atomic E-state index is 12.1. The van der Waals surface area contributed by atoms with E-state index in [2.05, 4.69) is 0 Å². The van der Waals surface area contributed by atoms with E-state index in [4.69, 9.17) is 5.11 Å². The van der Waals surface area contributed by atoms with Gasteiger partial charge in [0.15, 0.2) is 0 Å². The molecule has 0 aromatic carbocycles. The standard InChI is InChI=1S/C11H20N2O4/c1-11(2,9(15)16)12(3)10(17)13-6-4-5-8(14)7-13/h8,14H,4-7H2,1-3H3,(H,15,16). The zero-order valence-corrected chi connectivity index (χ0v) is 10.5. The molecule has 0 spiro atoms. The molecule has 0 bridgehead atoms. The van der Waals surface area contributed by atoms with Gasteiger partial charge in [-0.1, -0.05) is 0 Å². The summed E-state index contributed by atoms with van der Waals surface area (Å²) in [4.78, 5) is 25.8. The van der Waals surface area contributed by atoms with Crippen LogP contribution in [0.3, 0.4) is 0 Å². The van der Waals surface area contributed by atoms with E-state index in [1.54, 1.807) is 0 Å². The van der Waals surface area contributed by atoms with E-state index in [0.29, 0.717) is 13.0 Å². The number of rotatable bonds is 2. The van der Waals surface area contributed by atoms with Crippen molar-refractivity contribution in [1.82, 2.24) is 9.80 Å². The van der Waals surface area contributed by atoms with Crippen LogP contribution in [0, 0.1) is 0 Å². The summed E-state index contributed by atoms with van der Waals surface area (Å²) in [5.74, 6) is -1.05. The van der Waals surface area contributed by atoms with Crippen molar-refractivity contribution in [3.8, 4) is 0 Å². The Morgan fingerprint density at radius 2 is 2.00 bits per heavy atom. The van der Waals surface area contributed by atoms with Crippen LogP contribution in [0.2, 0.25) is 0 Å². The number of likely N-dealkylation sites (tertiary alicyclic amines) is 1. The van der Waals surface area contributed by atoms with Crippen LogP contribution in [-0.4, -0.2) is 63.8 Å². The summed E-state index contributed by atoms with van der Waals surface area (Å²) >= 11 is 0. The predicted molar refractivity (Wildman–Crippen MR) is 61.7 cm³/mol. The summed E-state index contributed by atoms with van der Waals surface area (Å²) in [7, 11) is 1.47. The molecule has 1 unspecified atom stereocenters. The first-order chi connectivity index (χ1) is 7.76. The zero-order valence-electron chi connectivity index (χ0n) is 10.5. The second-order valence-electron chi connectivity index (χ2n) is 4.95. The molecule has 2 N–H and O–H groups in total. The Hall–Kier alpha value is -1.30. The smallest absolute Gasteiger partial charge is 0.329 e. The van der Waals surface area contributed by atoms with Gasteiger partial charge in [-0.3, -0.25) is 0 Å². The lowest BCUT2D eigenvalue weighted by Crippen LogP contribution is -2.57. The molecular formula is C11H20N2O4. The minimum absolute atomic E-state index is 0.277.